The zero-order valence-electron chi connectivity index (χ0n) is 37.9. The monoisotopic (exact) mass is 1010 g/mol. The van der Waals surface area contributed by atoms with E-state index in [2.05, 4.69) is 59.9 Å². The lowest BCUT2D eigenvalue weighted by atomic mass is 9.93. The Morgan fingerprint density at radius 2 is 1.61 bits per heavy atom. The molecule has 356 valence electrons. The van der Waals surface area contributed by atoms with Gasteiger partial charge in [0.2, 0.25) is 29.5 Å². The molecule has 0 fully saturated rings. The number of unbranched alkanes of at least 4 members (excludes halogenated alkanes) is 8. The van der Waals surface area contributed by atoms with Crippen LogP contribution in [0.25, 0.3) is 11.1 Å². The lowest BCUT2D eigenvalue weighted by molar-refractivity contribution is -0.143. The molecule has 0 aromatic heterocycles. The van der Waals surface area contributed by atoms with E-state index in [-0.39, 0.29) is 43.2 Å². The van der Waals surface area contributed by atoms with Crippen LogP contribution in [0.1, 0.15) is 115 Å². The molecule has 1 heterocycles. The highest BCUT2D eigenvalue weighted by Crippen LogP contribution is 2.39. The fourth-order valence-corrected chi connectivity index (χ4v) is 7.86. The van der Waals surface area contributed by atoms with Crippen molar-refractivity contribution >= 4 is 58.2 Å². The van der Waals surface area contributed by atoms with Gasteiger partial charge >= 0.3 is 0 Å². The Morgan fingerprint density at radius 3 is 2.30 bits per heavy atom. The molecular weight excluding hydrogens is 935 g/mol. The lowest BCUT2D eigenvalue weighted by Gasteiger charge is -2.32. The third kappa shape index (κ3) is 17.5. The van der Waals surface area contributed by atoms with Gasteiger partial charge in [0, 0.05) is 73.5 Å². The van der Waals surface area contributed by atoms with Crippen LogP contribution in [0.4, 0.5) is 0 Å². The number of phenolic OH excluding ortho intramolecular Hbond substituents is 1. The van der Waals surface area contributed by atoms with E-state index < -0.39 is 66.2 Å². The molecule has 2 aromatic rings. The fraction of sp³-hybridized carbons (Fsp3) is 0.609. The van der Waals surface area contributed by atoms with Crippen LogP contribution in [0.3, 0.4) is 0 Å². The standard InChI is InChI=1S/C46H71IN8O9/c1-5-6-7-8-9-10-11-13-22-49-24-20-41(59)53-36(15-12-14-23-50-47)46(63)55(4)42-33-17-19-40(64-25-21-48)35(28-33)34-26-32(16-18-38(34)57)27-37(44(61)51-30(2)39(58)29-56)54-43(60)31(3)52-45(42)62/h16-19,26,28,30-31,36-37,42,49-50,56-57H,5-15,20-25,27,29,48H2,1-4H3,(H,51,61)(H,52,62)(H,53,59)(H,54,60)/t30-,31-,36-,37-,42-/m0/s1. The van der Waals surface area contributed by atoms with Gasteiger partial charge in [-0.15, -0.1) is 0 Å². The van der Waals surface area contributed by atoms with Crippen molar-refractivity contribution < 1.29 is 43.7 Å². The van der Waals surface area contributed by atoms with Crippen molar-refractivity contribution in [2.24, 2.45) is 5.73 Å². The van der Waals surface area contributed by atoms with Gasteiger partial charge in [0.1, 0.15) is 48.9 Å². The summed E-state index contributed by atoms with van der Waals surface area (Å²) in [4.78, 5) is 83.2. The van der Waals surface area contributed by atoms with E-state index in [1.165, 1.54) is 70.4 Å². The molecule has 18 heteroatoms. The predicted molar refractivity (Wildman–Crippen MR) is 254 cm³/mol. The van der Waals surface area contributed by atoms with E-state index in [9.17, 15) is 39.0 Å². The molecule has 0 spiro atoms. The van der Waals surface area contributed by atoms with Gasteiger partial charge in [0.05, 0.1) is 6.04 Å². The summed E-state index contributed by atoms with van der Waals surface area (Å²) < 4.78 is 9.07. The van der Waals surface area contributed by atoms with Gasteiger partial charge in [0.15, 0.2) is 5.78 Å². The molecular formula is C46H71IN8O9. The summed E-state index contributed by atoms with van der Waals surface area (Å²) in [6.07, 6.45) is 11.3. The molecule has 5 atom stereocenters. The van der Waals surface area contributed by atoms with Crippen LogP contribution in [-0.4, -0.2) is 121 Å². The molecule has 0 saturated carbocycles. The number of hydrogen-bond donors (Lipinski definition) is 9. The number of halogens is 1. The van der Waals surface area contributed by atoms with Crippen LogP contribution in [0.2, 0.25) is 0 Å². The van der Waals surface area contributed by atoms with Crippen molar-refractivity contribution in [3.8, 4) is 22.6 Å². The Bertz CT molecular complexity index is 1830. The molecule has 0 radical (unpaired) electrons. The number of aromatic hydroxyl groups is 1. The van der Waals surface area contributed by atoms with Gasteiger partial charge in [0.25, 0.3) is 0 Å². The number of ether oxygens (including phenoxy) is 1. The second kappa shape index (κ2) is 29.2. The van der Waals surface area contributed by atoms with Gasteiger partial charge in [-0.25, -0.2) is 0 Å². The highest BCUT2D eigenvalue weighted by Gasteiger charge is 2.36. The topological polar surface area (TPSA) is 254 Å². The van der Waals surface area contributed by atoms with Crippen molar-refractivity contribution in [1.29, 1.82) is 0 Å². The Hall–Kier alpha value is -4.37. The third-order valence-corrected chi connectivity index (χ3v) is 11.8. The number of carbonyl (C=O) groups excluding carboxylic acids is 6. The van der Waals surface area contributed by atoms with Crippen molar-refractivity contribution in [3.05, 3.63) is 47.5 Å². The number of nitrogens with one attached hydrogen (secondary N) is 6. The van der Waals surface area contributed by atoms with Crippen LogP contribution in [-0.2, 0) is 35.2 Å². The number of ketones is 1. The highest BCUT2D eigenvalue weighted by atomic mass is 127. The molecule has 64 heavy (non-hydrogen) atoms. The average molecular weight is 1010 g/mol. The first-order valence-electron chi connectivity index (χ1n) is 22.7. The summed E-state index contributed by atoms with van der Waals surface area (Å²) in [6.45, 7) is 6.49. The number of rotatable bonds is 27. The smallest absolute Gasteiger partial charge is 0.248 e. The van der Waals surface area contributed by atoms with Crippen LogP contribution >= 0.6 is 22.9 Å². The number of amides is 5. The zero-order chi connectivity index (χ0) is 47.0. The first kappa shape index (κ1) is 54.0. The molecule has 0 aliphatic carbocycles. The maximum atomic E-state index is 14.6. The number of fused-ring (bicyclic) bond motifs is 5. The Kier molecular flexibility index (Phi) is 24.6. The van der Waals surface area contributed by atoms with E-state index in [0.29, 0.717) is 48.4 Å². The van der Waals surface area contributed by atoms with Gasteiger partial charge < -0.3 is 52.2 Å². The number of nitrogens with two attached hydrogens (primary N) is 1. The van der Waals surface area contributed by atoms with E-state index in [4.69, 9.17) is 10.5 Å². The molecule has 1 aliphatic heterocycles. The number of phenols is 1. The SMILES string of the molecule is CCCCCCCCCCNCCC(=O)N[C@@H](CCCCNI)C(=O)N(C)[C@@H]1C(=O)N[C@@H](C)C(=O)N[C@H](C(=O)N[C@@H](C)C(=O)CO)Cc2ccc(O)c(c2)-c2cc1ccc2OCCN. The quantitative estimate of drug-likeness (QED) is 0.0356. The van der Waals surface area contributed by atoms with Gasteiger partial charge in [-0.1, -0.05) is 64.0 Å². The van der Waals surface area contributed by atoms with Crippen molar-refractivity contribution in [2.75, 3.05) is 46.4 Å². The minimum absolute atomic E-state index is 0.0829. The molecule has 0 unspecified atom stereocenters. The third-order valence-electron chi connectivity index (χ3n) is 11.2. The first-order valence-corrected chi connectivity index (χ1v) is 23.8. The first-order chi connectivity index (χ1) is 30.8. The summed E-state index contributed by atoms with van der Waals surface area (Å²) >= 11 is 2.05. The number of nitrogens with zero attached hydrogens (tertiary/aromatic N) is 1. The normalized spacial score (nSPS) is 17.3. The summed E-state index contributed by atoms with van der Waals surface area (Å²) in [5, 5.41) is 34.8. The molecule has 2 aromatic carbocycles. The molecule has 1 aliphatic rings. The predicted octanol–water partition coefficient (Wildman–Crippen LogP) is 3.22. The highest BCUT2D eigenvalue weighted by molar-refractivity contribution is 14.1. The average Bonchev–Trinajstić information content (AvgIpc) is 3.28. The zero-order valence-corrected chi connectivity index (χ0v) is 40.1. The van der Waals surface area contributed by atoms with Crippen molar-refractivity contribution in [2.45, 2.75) is 134 Å². The number of aliphatic hydroxyl groups is 1. The summed E-state index contributed by atoms with van der Waals surface area (Å²) in [5.41, 5.74) is 7.25. The minimum atomic E-state index is -1.36. The van der Waals surface area contributed by atoms with E-state index in [0.717, 1.165) is 25.8 Å². The summed E-state index contributed by atoms with van der Waals surface area (Å²) in [6, 6.07) is 3.62. The number of hydrogen-bond acceptors (Lipinski definition) is 12. The lowest BCUT2D eigenvalue weighted by Crippen LogP contribution is -2.57. The van der Waals surface area contributed by atoms with Crippen molar-refractivity contribution in [1.82, 2.24) is 35.0 Å². The van der Waals surface area contributed by atoms with Crippen LogP contribution < -0.4 is 40.6 Å². The fourth-order valence-electron chi connectivity index (χ4n) is 7.48. The Balaban J connectivity index is 1.97. The Morgan fingerprint density at radius 1 is 0.906 bits per heavy atom. The van der Waals surface area contributed by atoms with Crippen molar-refractivity contribution in [3.63, 3.8) is 0 Å². The van der Waals surface area contributed by atoms with E-state index in [1.54, 1.807) is 30.3 Å². The number of aliphatic hydroxyl groups excluding tert-OH is 1. The molecule has 10 N–H and O–H groups in total. The second-order valence-electron chi connectivity index (χ2n) is 16.4. The van der Waals surface area contributed by atoms with E-state index >= 15 is 0 Å². The number of Topliss-reactive ketones (excluding diaryl/α,β-unsaturated/α-hetero) is 1. The molecule has 4 bridgehead atoms. The largest absolute Gasteiger partial charge is 0.507 e. The second-order valence-corrected chi connectivity index (χ2v) is 17.2. The van der Waals surface area contributed by atoms with Gasteiger partial charge in [-0.2, -0.15) is 0 Å². The van der Waals surface area contributed by atoms with Crippen LogP contribution in [0, 0.1) is 0 Å². The number of carbonyl (C=O) groups is 6. The molecule has 17 nitrogen and oxygen atoms in total. The maximum absolute atomic E-state index is 14.6. The molecule has 5 amide bonds. The number of benzene rings is 2. The summed E-state index contributed by atoms with van der Waals surface area (Å²) in [5.74, 6) is -3.50. The molecule has 3 rings (SSSR count). The number of likely N-dealkylation sites (N-methyl/N-ethyl adjacent to an activating group) is 1. The Labute approximate surface area is 392 Å². The van der Waals surface area contributed by atoms with Crippen LogP contribution in [0.5, 0.6) is 11.5 Å². The summed E-state index contributed by atoms with van der Waals surface area (Å²) in [7, 11) is 1.46. The van der Waals surface area contributed by atoms with Gasteiger partial charge in [-0.3, -0.25) is 32.3 Å². The maximum Gasteiger partial charge on any atom is 0.248 e. The minimum Gasteiger partial charge on any atom is -0.507 e. The van der Waals surface area contributed by atoms with E-state index in [1.807, 2.05) is 0 Å². The molecule has 0 saturated heterocycles. The van der Waals surface area contributed by atoms with Gasteiger partial charge in [-0.05, 0) is 81.5 Å². The van der Waals surface area contributed by atoms with Crippen LogP contribution in [0.15, 0.2) is 36.4 Å².